The van der Waals surface area contributed by atoms with E-state index in [4.69, 9.17) is 0 Å². The fourth-order valence-corrected chi connectivity index (χ4v) is 2.78. The number of benzene rings is 2. The summed E-state index contributed by atoms with van der Waals surface area (Å²) < 4.78 is 13.4. The van der Waals surface area contributed by atoms with Gasteiger partial charge in [0.25, 0.3) is 5.91 Å². The first-order valence-corrected chi connectivity index (χ1v) is 8.43. The smallest absolute Gasteiger partial charge is 0.257 e. The molecule has 0 aliphatic rings. The van der Waals surface area contributed by atoms with E-state index in [0.717, 1.165) is 6.42 Å². The van der Waals surface area contributed by atoms with Gasteiger partial charge in [-0.05, 0) is 41.7 Å². The molecule has 0 heterocycles. The summed E-state index contributed by atoms with van der Waals surface area (Å²) in [6.45, 7) is 6.48. The quantitative estimate of drug-likeness (QED) is 0.815. The minimum Gasteiger partial charge on any atom is -0.508 e. The maximum Gasteiger partial charge on any atom is 0.257 e. The molecular weight excluding hydrogens is 321 g/mol. The minimum absolute atomic E-state index is 0.00925. The number of nitrogens with zero attached hydrogens (tertiary/aromatic N) is 1. The van der Waals surface area contributed by atoms with Gasteiger partial charge in [-0.25, -0.2) is 4.39 Å². The van der Waals surface area contributed by atoms with Crippen molar-refractivity contribution < 1.29 is 19.4 Å². The summed E-state index contributed by atoms with van der Waals surface area (Å²) >= 11 is 0. The van der Waals surface area contributed by atoms with Crippen LogP contribution in [0.25, 0.3) is 0 Å². The lowest BCUT2D eigenvalue weighted by Crippen LogP contribution is -2.31. The molecule has 0 unspecified atom stereocenters. The van der Waals surface area contributed by atoms with E-state index in [9.17, 15) is 19.4 Å². The van der Waals surface area contributed by atoms with E-state index in [0.29, 0.717) is 17.7 Å². The van der Waals surface area contributed by atoms with Gasteiger partial charge in [0.15, 0.2) is 0 Å². The molecule has 0 fully saturated rings. The molecule has 2 rings (SSSR count). The Morgan fingerprint density at radius 1 is 1.16 bits per heavy atom. The molecule has 134 valence electrons. The number of hydrogen-bond acceptors (Lipinski definition) is 3. The fourth-order valence-electron chi connectivity index (χ4n) is 2.78. The standard InChI is InChI=1S/C20H24FNO3/c1-4-8-22(12-14-6-5-7-15(21)9-14)20(25)17-10-16(13(2)3)18(23)11-19(17)24/h5-7,9-11,13,23-24H,4,8,12H2,1-3H3. The topological polar surface area (TPSA) is 60.8 Å². The molecule has 25 heavy (non-hydrogen) atoms. The summed E-state index contributed by atoms with van der Waals surface area (Å²) in [4.78, 5) is 14.5. The highest BCUT2D eigenvalue weighted by Gasteiger charge is 2.22. The van der Waals surface area contributed by atoms with E-state index in [2.05, 4.69) is 0 Å². The van der Waals surface area contributed by atoms with Gasteiger partial charge in [0.2, 0.25) is 0 Å². The Labute approximate surface area is 147 Å². The summed E-state index contributed by atoms with van der Waals surface area (Å²) in [6, 6.07) is 8.85. The first-order chi connectivity index (χ1) is 11.8. The number of rotatable bonds is 6. The Bertz CT molecular complexity index is 759. The third-order valence-electron chi connectivity index (χ3n) is 4.04. The lowest BCUT2D eigenvalue weighted by molar-refractivity contribution is 0.0739. The largest absolute Gasteiger partial charge is 0.508 e. The Morgan fingerprint density at radius 3 is 2.48 bits per heavy atom. The molecular formula is C20H24FNO3. The van der Waals surface area contributed by atoms with Crippen LogP contribution in [0.15, 0.2) is 36.4 Å². The monoisotopic (exact) mass is 345 g/mol. The van der Waals surface area contributed by atoms with Crippen molar-refractivity contribution >= 4 is 5.91 Å². The first-order valence-electron chi connectivity index (χ1n) is 8.43. The number of hydrogen-bond donors (Lipinski definition) is 2. The molecule has 0 aliphatic heterocycles. The van der Waals surface area contributed by atoms with Gasteiger partial charge >= 0.3 is 0 Å². The van der Waals surface area contributed by atoms with Crippen LogP contribution in [0.1, 0.15) is 54.6 Å². The lowest BCUT2D eigenvalue weighted by atomic mass is 9.98. The molecule has 0 saturated carbocycles. The van der Waals surface area contributed by atoms with Crippen molar-refractivity contribution in [3.8, 4) is 11.5 Å². The maximum absolute atomic E-state index is 13.4. The lowest BCUT2D eigenvalue weighted by Gasteiger charge is -2.23. The summed E-state index contributed by atoms with van der Waals surface area (Å²) in [6.07, 6.45) is 0.733. The van der Waals surface area contributed by atoms with Gasteiger partial charge in [-0.1, -0.05) is 32.9 Å². The number of phenols is 2. The van der Waals surface area contributed by atoms with Crippen LogP contribution in [0.2, 0.25) is 0 Å². The summed E-state index contributed by atoms with van der Waals surface area (Å²) in [5.41, 5.74) is 1.43. The number of phenolic OH excluding ortho intramolecular Hbond substituents is 2. The van der Waals surface area contributed by atoms with Crippen LogP contribution in [0.5, 0.6) is 11.5 Å². The molecule has 2 aromatic rings. The van der Waals surface area contributed by atoms with Crippen molar-refractivity contribution in [2.24, 2.45) is 0 Å². The van der Waals surface area contributed by atoms with E-state index in [1.807, 2.05) is 20.8 Å². The number of aromatic hydroxyl groups is 2. The Kier molecular flexibility index (Phi) is 6.02. The van der Waals surface area contributed by atoms with Gasteiger partial charge in [0.05, 0.1) is 5.56 Å². The van der Waals surface area contributed by atoms with Crippen molar-refractivity contribution in [1.82, 2.24) is 4.90 Å². The van der Waals surface area contributed by atoms with Crippen LogP contribution >= 0.6 is 0 Å². The highest BCUT2D eigenvalue weighted by atomic mass is 19.1. The van der Waals surface area contributed by atoms with Crippen molar-refractivity contribution in [2.45, 2.75) is 39.7 Å². The minimum atomic E-state index is -0.351. The van der Waals surface area contributed by atoms with Crippen LogP contribution in [0.4, 0.5) is 4.39 Å². The molecule has 1 amide bonds. The van der Waals surface area contributed by atoms with E-state index in [1.54, 1.807) is 17.0 Å². The zero-order chi connectivity index (χ0) is 18.6. The van der Waals surface area contributed by atoms with Crippen LogP contribution in [0.3, 0.4) is 0 Å². The van der Waals surface area contributed by atoms with E-state index < -0.39 is 0 Å². The fraction of sp³-hybridized carbons (Fsp3) is 0.350. The molecule has 0 spiro atoms. The third-order valence-corrected chi connectivity index (χ3v) is 4.04. The third kappa shape index (κ3) is 4.50. The van der Waals surface area contributed by atoms with Crippen LogP contribution in [0, 0.1) is 5.82 Å². The molecule has 0 aliphatic carbocycles. The predicted molar refractivity (Wildman–Crippen MR) is 95.3 cm³/mol. The first kappa shape index (κ1) is 18.8. The second kappa shape index (κ2) is 8.01. The maximum atomic E-state index is 13.4. The van der Waals surface area contributed by atoms with Gasteiger partial charge in [-0.15, -0.1) is 0 Å². The highest BCUT2D eigenvalue weighted by Crippen LogP contribution is 2.33. The molecule has 0 saturated heterocycles. The van der Waals surface area contributed by atoms with Gasteiger partial charge in [0, 0.05) is 19.2 Å². The van der Waals surface area contributed by atoms with Gasteiger partial charge < -0.3 is 15.1 Å². The number of carbonyl (C=O) groups excluding carboxylic acids is 1. The van der Waals surface area contributed by atoms with Crippen LogP contribution in [-0.4, -0.2) is 27.6 Å². The SMILES string of the molecule is CCCN(Cc1cccc(F)c1)C(=O)c1cc(C(C)C)c(O)cc1O. The number of amides is 1. The molecule has 0 aromatic heterocycles. The molecule has 5 heteroatoms. The predicted octanol–water partition coefficient (Wildman–Crippen LogP) is 4.41. The summed E-state index contributed by atoms with van der Waals surface area (Å²) in [7, 11) is 0. The molecule has 2 aromatic carbocycles. The zero-order valence-electron chi connectivity index (χ0n) is 14.8. The second-order valence-electron chi connectivity index (χ2n) is 6.44. The van der Waals surface area contributed by atoms with Crippen molar-refractivity contribution in [2.75, 3.05) is 6.54 Å². The van der Waals surface area contributed by atoms with E-state index in [1.165, 1.54) is 24.3 Å². The van der Waals surface area contributed by atoms with Gasteiger partial charge in [0.1, 0.15) is 17.3 Å². The molecule has 2 N–H and O–H groups in total. The van der Waals surface area contributed by atoms with Crippen molar-refractivity contribution in [3.63, 3.8) is 0 Å². The van der Waals surface area contributed by atoms with Crippen LogP contribution < -0.4 is 0 Å². The Balaban J connectivity index is 2.35. The Hall–Kier alpha value is -2.56. The molecule has 4 nitrogen and oxygen atoms in total. The number of halogens is 1. The van der Waals surface area contributed by atoms with Gasteiger partial charge in [-0.3, -0.25) is 4.79 Å². The summed E-state index contributed by atoms with van der Waals surface area (Å²) in [5.74, 6) is -0.972. The van der Waals surface area contributed by atoms with E-state index in [-0.39, 0.29) is 41.2 Å². The zero-order valence-corrected chi connectivity index (χ0v) is 14.8. The number of carbonyl (C=O) groups is 1. The van der Waals surface area contributed by atoms with Crippen molar-refractivity contribution in [1.29, 1.82) is 0 Å². The Morgan fingerprint density at radius 2 is 1.88 bits per heavy atom. The molecule has 0 bridgehead atoms. The highest BCUT2D eigenvalue weighted by molar-refractivity contribution is 5.97. The summed E-state index contributed by atoms with van der Waals surface area (Å²) in [5, 5.41) is 20.1. The van der Waals surface area contributed by atoms with E-state index >= 15 is 0 Å². The normalized spacial score (nSPS) is 10.9. The second-order valence-corrected chi connectivity index (χ2v) is 6.44. The molecule has 0 atom stereocenters. The van der Waals surface area contributed by atoms with Crippen LogP contribution in [-0.2, 0) is 6.54 Å². The van der Waals surface area contributed by atoms with Gasteiger partial charge in [-0.2, -0.15) is 0 Å². The molecule has 0 radical (unpaired) electrons. The van der Waals surface area contributed by atoms with Crippen molar-refractivity contribution in [3.05, 3.63) is 58.9 Å². The average molecular weight is 345 g/mol. The average Bonchev–Trinajstić information content (AvgIpc) is 2.53.